The molecule has 1 aliphatic heterocycles. The highest BCUT2D eigenvalue weighted by atomic mass is 32.1. The van der Waals surface area contributed by atoms with Crippen molar-refractivity contribution in [2.24, 2.45) is 0 Å². The third-order valence-corrected chi connectivity index (χ3v) is 6.27. The lowest BCUT2D eigenvalue weighted by molar-refractivity contribution is 0.102. The minimum atomic E-state index is -0.155. The fraction of sp³-hybridized carbons (Fsp3) is 0.353. The highest BCUT2D eigenvalue weighted by Crippen LogP contribution is 2.32. The molecule has 0 aliphatic carbocycles. The molecule has 3 aromatic rings. The number of hydrogen-bond donors (Lipinski definition) is 2. The van der Waals surface area contributed by atoms with Crippen LogP contribution in [-0.2, 0) is 4.74 Å². The van der Waals surface area contributed by atoms with Gasteiger partial charge in [0, 0.05) is 25.8 Å². The fourth-order valence-electron chi connectivity index (χ4n) is 2.88. The third-order valence-electron chi connectivity index (χ3n) is 4.23. The quantitative estimate of drug-likeness (QED) is 0.713. The zero-order chi connectivity index (χ0) is 18.1. The average Bonchev–Trinajstić information content (AvgIpc) is 3.25. The van der Waals surface area contributed by atoms with Crippen LogP contribution >= 0.6 is 22.9 Å². The number of benzene rings is 1. The summed E-state index contributed by atoms with van der Waals surface area (Å²) in [5.41, 5.74) is 3.02. The Bertz CT molecular complexity index is 946. The Morgan fingerprint density at radius 2 is 2.12 bits per heavy atom. The van der Waals surface area contributed by atoms with E-state index >= 15 is 0 Å². The van der Waals surface area contributed by atoms with Crippen LogP contribution in [-0.4, -0.2) is 48.6 Å². The molecule has 0 unspecified atom stereocenters. The summed E-state index contributed by atoms with van der Waals surface area (Å²) in [6, 6.07) is 5.81. The number of thiazole rings is 1. The number of amides is 1. The summed E-state index contributed by atoms with van der Waals surface area (Å²) in [7, 11) is 1.79. The number of carbonyl (C=O) groups is 1. The topological polar surface area (TPSA) is 79.4 Å². The Morgan fingerprint density at radius 1 is 1.31 bits per heavy atom. The predicted octanol–water partition coefficient (Wildman–Crippen LogP) is 3.19. The van der Waals surface area contributed by atoms with E-state index in [1.54, 1.807) is 18.4 Å². The molecule has 1 saturated heterocycles. The fourth-order valence-corrected chi connectivity index (χ4v) is 4.68. The molecule has 0 radical (unpaired) electrons. The van der Waals surface area contributed by atoms with E-state index in [1.165, 1.54) is 11.5 Å². The van der Waals surface area contributed by atoms with Gasteiger partial charge in [-0.1, -0.05) is 11.3 Å². The number of hydrogen-bond acceptors (Lipinski definition) is 8. The van der Waals surface area contributed by atoms with Gasteiger partial charge >= 0.3 is 0 Å². The molecule has 0 saturated carbocycles. The van der Waals surface area contributed by atoms with Crippen molar-refractivity contribution in [2.75, 3.05) is 48.9 Å². The van der Waals surface area contributed by atoms with Gasteiger partial charge in [-0.25, -0.2) is 4.98 Å². The molecule has 1 amide bonds. The molecule has 1 aliphatic rings. The zero-order valence-corrected chi connectivity index (χ0v) is 16.2. The highest BCUT2D eigenvalue weighted by molar-refractivity contribution is 7.22. The van der Waals surface area contributed by atoms with Crippen LogP contribution in [0.25, 0.3) is 10.2 Å². The molecule has 7 nitrogen and oxygen atoms in total. The van der Waals surface area contributed by atoms with E-state index in [0.29, 0.717) is 5.56 Å². The van der Waals surface area contributed by atoms with E-state index in [2.05, 4.69) is 19.9 Å². The van der Waals surface area contributed by atoms with Gasteiger partial charge < -0.3 is 20.3 Å². The Kier molecular flexibility index (Phi) is 4.75. The Morgan fingerprint density at radius 3 is 2.88 bits per heavy atom. The van der Waals surface area contributed by atoms with Crippen molar-refractivity contribution in [1.82, 2.24) is 9.36 Å². The lowest BCUT2D eigenvalue weighted by Gasteiger charge is -2.25. The second kappa shape index (κ2) is 7.18. The number of aryl methyl sites for hydroxylation is 1. The molecule has 1 aromatic carbocycles. The van der Waals surface area contributed by atoms with Gasteiger partial charge in [0.2, 0.25) is 0 Å². The Balaban J connectivity index is 1.57. The number of nitrogens with zero attached hydrogens (tertiary/aromatic N) is 3. The van der Waals surface area contributed by atoms with Crippen molar-refractivity contribution in [3.8, 4) is 0 Å². The molecule has 0 spiro atoms. The first-order valence-corrected chi connectivity index (χ1v) is 9.93. The van der Waals surface area contributed by atoms with Gasteiger partial charge in [-0.3, -0.25) is 4.79 Å². The number of morpholine rings is 1. The number of nitrogens with one attached hydrogen (secondary N) is 2. The van der Waals surface area contributed by atoms with Gasteiger partial charge in [-0.05, 0) is 36.7 Å². The second-order valence-corrected chi connectivity index (χ2v) is 7.74. The summed E-state index contributed by atoms with van der Waals surface area (Å²) in [5, 5.41) is 7.77. The summed E-state index contributed by atoms with van der Waals surface area (Å²) in [6.45, 7) is 5.03. The molecule has 0 bridgehead atoms. The molecule has 1 fully saturated rings. The maximum absolute atomic E-state index is 12.6. The summed E-state index contributed by atoms with van der Waals surface area (Å²) in [4.78, 5) is 19.6. The summed E-state index contributed by atoms with van der Waals surface area (Å²) < 4.78 is 10.7. The molecule has 26 heavy (non-hydrogen) atoms. The first kappa shape index (κ1) is 17.2. The van der Waals surface area contributed by atoms with E-state index in [9.17, 15) is 4.79 Å². The van der Waals surface area contributed by atoms with Crippen molar-refractivity contribution in [3.05, 3.63) is 29.5 Å². The van der Waals surface area contributed by atoms with Crippen molar-refractivity contribution in [2.45, 2.75) is 6.92 Å². The average molecular weight is 390 g/mol. The Hall–Kier alpha value is -2.23. The van der Waals surface area contributed by atoms with Gasteiger partial charge in [0.1, 0.15) is 5.00 Å². The van der Waals surface area contributed by atoms with Crippen LogP contribution in [0, 0.1) is 6.92 Å². The zero-order valence-electron chi connectivity index (χ0n) is 14.5. The van der Waals surface area contributed by atoms with Crippen molar-refractivity contribution >= 4 is 54.8 Å². The van der Waals surface area contributed by atoms with Gasteiger partial charge in [0.05, 0.1) is 34.7 Å². The van der Waals surface area contributed by atoms with E-state index in [4.69, 9.17) is 9.72 Å². The molecular weight excluding hydrogens is 370 g/mol. The van der Waals surface area contributed by atoms with Crippen LogP contribution in [0.15, 0.2) is 18.2 Å². The first-order valence-electron chi connectivity index (χ1n) is 8.34. The maximum Gasteiger partial charge on any atom is 0.260 e. The van der Waals surface area contributed by atoms with Gasteiger partial charge in [-0.15, -0.1) is 0 Å². The number of carbonyl (C=O) groups excluding carboxylic acids is 1. The van der Waals surface area contributed by atoms with Gasteiger partial charge in [0.15, 0.2) is 5.13 Å². The van der Waals surface area contributed by atoms with Gasteiger partial charge in [0.25, 0.3) is 5.91 Å². The molecule has 9 heteroatoms. The first-order chi connectivity index (χ1) is 12.7. The number of aromatic nitrogens is 2. The van der Waals surface area contributed by atoms with Crippen LogP contribution in [0.5, 0.6) is 0 Å². The molecule has 2 N–H and O–H groups in total. The maximum atomic E-state index is 12.6. The molecule has 4 rings (SSSR count). The predicted molar refractivity (Wildman–Crippen MR) is 107 cm³/mol. The lowest BCUT2D eigenvalue weighted by atomic mass is 10.2. The van der Waals surface area contributed by atoms with Crippen molar-refractivity contribution in [3.63, 3.8) is 0 Å². The van der Waals surface area contributed by atoms with E-state index in [-0.39, 0.29) is 5.91 Å². The normalized spacial score (nSPS) is 14.6. The number of ether oxygens (including phenoxy) is 1. The molecule has 3 heterocycles. The molecular formula is C17H19N5O2S2. The van der Waals surface area contributed by atoms with Crippen molar-refractivity contribution in [1.29, 1.82) is 0 Å². The van der Waals surface area contributed by atoms with Crippen molar-refractivity contribution < 1.29 is 9.53 Å². The van der Waals surface area contributed by atoms with Gasteiger partial charge in [-0.2, -0.15) is 4.37 Å². The van der Waals surface area contributed by atoms with Crippen LogP contribution < -0.4 is 15.5 Å². The molecule has 2 aromatic heterocycles. The number of fused-ring (bicyclic) bond motifs is 1. The SMILES string of the molecule is CNc1snc(C)c1C(=O)Nc1ccc2nc(N3CCOCC3)sc2c1. The minimum absolute atomic E-state index is 0.155. The van der Waals surface area contributed by atoms with Crippen LogP contribution in [0.2, 0.25) is 0 Å². The van der Waals surface area contributed by atoms with E-state index < -0.39 is 0 Å². The monoisotopic (exact) mass is 389 g/mol. The number of anilines is 3. The van der Waals surface area contributed by atoms with Crippen LogP contribution in [0.4, 0.5) is 15.8 Å². The van der Waals surface area contributed by atoms with E-state index in [0.717, 1.165) is 58.0 Å². The smallest absolute Gasteiger partial charge is 0.260 e. The largest absolute Gasteiger partial charge is 0.378 e. The third kappa shape index (κ3) is 3.25. The standard InChI is InChI=1S/C17H19N5O2S2/c1-10-14(16(18-2)26-21-10)15(23)19-11-3-4-12-13(9-11)25-17(20-12)22-5-7-24-8-6-22/h3-4,9,18H,5-8H2,1-2H3,(H,19,23). The summed E-state index contributed by atoms with van der Waals surface area (Å²) in [6.07, 6.45) is 0. The van der Waals surface area contributed by atoms with Crippen LogP contribution in [0.1, 0.15) is 16.1 Å². The lowest BCUT2D eigenvalue weighted by Crippen LogP contribution is -2.36. The highest BCUT2D eigenvalue weighted by Gasteiger charge is 2.19. The Labute approximate surface area is 159 Å². The molecule has 136 valence electrons. The summed E-state index contributed by atoms with van der Waals surface area (Å²) in [5.74, 6) is -0.155. The van der Waals surface area contributed by atoms with Crippen LogP contribution in [0.3, 0.4) is 0 Å². The summed E-state index contributed by atoms with van der Waals surface area (Å²) >= 11 is 2.93. The number of rotatable bonds is 4. The minimum Gasteiger partial charge on any atom is -0.378 e. The van der Waals surface area contributed by atoms with E-state index in [1.807, 2.05) is 25.1 Å². The molecule has 0 atom stereocenters. The second-order valence-electron chi connectivity index (χ2n) is 5.95.